The molecule has 0 unspecified atom stereocenters. The molecule has 1 aliphatic rings. The van der Waals surface area contributed by atoms with E-state index in [4.69, 9.17) is 5.73 Å². The van der Waals surface area contributed by atoms with E-state index < -0.39 is 0 Å². The number of hydrogen-bond donors (Lipinski definition) is 1. The van der Waals surface area contributed by atoms with Gasteiger partial charge in [0.05, 0.1) is 5.52 Å². The molecule has 1 aromatic carbocycles. The minimum Gasteiger partial charge on any atom is -0.355 e. The highest BCUT2D eigenvalue weighted by Crippen LogP contribution is 2.35. The van der Waals surface area contributed by atoms with Crippen molar-refractivity contribution in [2.24, 2.45) is 5.73 Å². The van der Waals surface area contributed by atoms with Crippen LogP contribution in [0.5, 0.6) is 0 Å². The molecule has 0 radical (unpaired) electrons. The number of anilines is 1. The molecule has 5 nitrogen and oxygen atoms in total. The van der Waals surface area contributed by atoms with E-state index in [1.807, 2.05) is 31.4 Å². The Morgan fingerprint density at radius 3 is 2.62 bits per heavy atom. The number of nitrogens with two attached hydrogens (primary N) is 1. The molecular weight excluding hydrogens is 369 g/mol. The minimum atomic E-state index is 0. The van der Waals surface area contributed by atoms with Gasteiger partial charge in [-0.25, -0.2) is 9.97 Å². The molecule has 1 saturated carbocycles. The first-order chi connectivity index (χ1) is 11.7. The maximum atomic E-state index is 5.89. The normalized spacial score (nSPS) is 18.4. The Morgan fingerprint density at radius 2 is 1.85 bits per heavy atom. The summed E-state index contributed by atoms with van der Waals surface area (Å²) in [4.78, 5) is 15.5. The smallest absolute Gasteiger partial charge is 0.132 e. The molecule has 1 aliphatic carbocycles. The van der Waals surface area contributed by atoms with Gasteiger partial charge < -0.3 is 10.6 Å². The fraction of sp³-hybridized carbons (Fsp3) is 0.316. The van der Waals surface area contributed by atoms with Crippen molar-refractivity contribution in [3.8, 4) is 0 Å². The zero-order valence-corrected chi connectivity index (χ0v) is 16.2. The number of rotatable bonds is 4. The summed E-state index contributed by atoms with van der Waals surface area (Å²) < 4.78 is 0. The molecule has 7 heteroatoms. The Balaban J connectivity index is 0.00000121. The van der Waals surface area contributed by atoms with Crippen LogP contribution in [-0.2, 0) is 6.54 Å². The average Bonchev–Trinajstić information content (AvgIpc) is 2.59. The van der Waals surface area contributed by atoms with Gasteiger partial charge in [0.15, 0.2) is 0 Å². The van der Waals surface area contributed by atoms with Crippen LogP contribution in [0.3, 0.4) is 0 Å². The molecule has 1 fully saturated rings. The lowest BCUT2D eigenvalue weighted by atomic mass is 9.78. The first-order valence-electron chi connectivity index (χ1n) is 8.31. The van der Waals surface area contributed by atoms with Crippen molar-refractivity contribution in [2.45, 2.75) is 31.3 Å². The maximum absolute atomic E-state index is 5.89. The first-order valence-corrected chi connectivity index (χ1v) is 8.31. The standard InChI is InChI=1S/C19H21N5.2ClH/c1-24(11-13-6-14-4-2-3-5-17(14)21-10-13)19-9-18(22-12-23-19)15-7-16(20)8-15;;/h2-6,9-10,12,15-16H,7-8,11,20H2,1H3;2*1H. The van der Waals surface area contributed by atoms with Crippen molar-refractivity contribution in [2.75, 3.05) is 11.9 Å². The highest BCUT2D eigenvalue weighted by molar-refractivity contribution is 5.85. The number of nitrogens with zero attached hydrogens (tertiary/aromatic N) is 4. The number of hydrogen-bond acceptors (Lipinski definition) is 5. The SMILES string of the molecule is CN(Cc1cnc2ccccc2c1)c1cc(C2CC(N)C2)ncn1.Cl.Cl. The van der Waals surface area contributed by atoms with Crippen LogP contribution in [-0.4, -0.2) is 28.0 Å². The van der Waals surface area contributed by atoms with Crippen molar-refractivity contribution in [3.63, 3.8) is 0 Å². The molecule has 4 rings (SSSR count). The molecule has 0 bridgehead atoms. The van der Waals surface area contributed by atoms with Gasteiger partial charge in [-0.2, -0.15) is 0 Å². The van der Waals surface area contributed by atoms with Gasteiger partial charge in [0.25, 0.3) is 0 Å². The predicted molar refractivity (Wildman–Crippen MR) is 110 cm³/mol. The highest BCUT2D eigenvalue weighted by Gasteiger charge is 2.28. The molecule has 0 atom stereocenters. The number of fused-ring (bicyclic) bond motifs is 1. The first kappa shape index (κ1) is 20.4. The summed E-state index contributed by atoms with van der Waals surface area (Å²) in [6, 6.07) is 12.8. The summed E-state index contributed by atoms with van der Waals surface area (Å²) in [5, 5.41) is 1.16. The molecule has 2 heterocycles. The van der Waals surface area contributed by atoms with Gasteiger partial charge in [-0.15, -0.1) is 24.8 Å². The van der Waals surface area contributed by atoms with Crippen LogP contribution in [0.15, 0.2) is 48.9 Å². The second-order valence-corrected chi connectivity index (χ2v) is 6.62. The van der Waals surface area contributed by atoms with E-state index in [2.05, 4.69) is 38.1 Å². The van der Waals surface area contributed by atoms with E-state index >= 15 is 0 Å². The van der Waals surface area contributed by atoms with Gasteiger partial charge in [-0.3, -0.25) is 4.98 Å². The van der Waals surface area contributed by atoms with Crippen molar-refractivity contribution >= 4 is 41.5 Å². The van der Waals surface area contributed by atoms with Crippen LogP contribution in [0, 0.1) is 0 Å². The Labute approximate surface area is 165 Å². The second kappa shape index (κ2) is 8.62. The number of pyridine rings is 1. The van der Waals surface area contributed by atoms with Crippen LogP contribution in [0.1, 0.15) is 30.0 Å². The topological polar surface area (TPSA) is 67.9 Å². The summed E-state index contributed by atoms with van der Waals surface area (Å²) >= 11 is 0. The van der Waals surface area contributed by atoms with Crippen LogP contribution in [0.4, 0.5) is 5.82 Å². The summed E-state index contributed by atoms with van der Waals surface area (Å²) in [5.74, 6) is 1.42. The van der Waals surface area contributed by atoms with Crippen LogP contribution >= 0.6 is 24.8 Å². The molecule has 2 N–H and O–H groups in total. The molecule has 0 amide bonds. The Hall–Kier alpha value is -1.95. The van der Waals surface area contributed by atoms with Gasteiger partial charge in [-0.1, -0.05) is 18.2 Å². The van der Waals surface area contributed by atoms with E-state index in [0.717, 1.165) is 41.8 Å². The van der Waals surface area contributed by atoms with Crippen LogP contribution in [0.2, 0.25) is 0 Å². The van der Waals surface area contributed by atoms with Crippen molar-refractivity contribution in [3.05, 3.63) is 60.2 Å². The summed E-state index contributed by atoms with van der Waals surface area (Å²) in [5.41, 5.74) is 9.18. The Morgan fingerprint density at radius 1 is 1.08 bits per heavy atom. The zero-order valence-electron chi connectivity index (χ0n) is 14.6. The monoisotopic (exact) mass is 391 g/mol. The van der Waals surface area contributed by atoms with Crippen molar-refractivity contribution < 1.29 is 0 Å². The lowest BCUT2D eigenvalue weighted by Gasteiger charge is -2.32. The number of aromatic nitrogens is 3. The molecule has 0 saturated heterocycles. The van der Waals surface area contributed by atoms with Gasteiger partial charge in [0.2, 0.25) is 0 Å². The second-order valence-electron chi connectivity index (χ2n) is 6.62. The summed E-state index contributed by atoms with van der Waals surface area (Å²) in [6.07, 6.45) is 5.64. The number of para-hydroxylation sites is 1. The molecular formula is C19H23Cl2N5. The highest BCUT2D eigenvalue weighted by atomic mass is 35.5. The fourth-order valence-electron chi connectivity index (χ4n) is 3.25. The summed E-state index contributed by atoms with van der Waals surface area (Å²) in [6.45, 7) is 0.762. The molecule has 0 aliphatic heterocycles. The van der Waals surface area contributed by atoms with E-state index in [1.165, 1.54) is 5.56 Å². The summed E-state index contributed by atoms with van der Waals surface area (Å²) in [7, 11) is 2.05. The molecule has 2 aromatic heterocycles. The van der Waals surface area contributed by atoms with Gasteiger partial charge in [-0.05, 0) is 30.5 Å². The predicted octanol–water partition coefficient (Wildman–Crippen LogP) is 3.71. The van der Waals surface area contributed by atoms with E-state index in [9.17, 15) is 0 Å². The van der Waals surface area contributed by atoms with Crippen molar-refractivity contribution in [1.82, 2.24) is 15.0 Å². The third-order valence-electron chi connectivity index (χ3n) is 4.72. The Kier molecular flexibility index (Phi) is 6.75. The average molecular weight is 392 g/mol. The quantitative estimate of drug-likeness (QED) is 0.733. The van der Waals surface area contributed by atoms with Gasteiger partial charge in [0.1, 0.15) is 12.1 Å². The fourth-order valence-corrected chi connectivity index (χ4v) is 3.25. The third kappa shape index (κ3) is 4.23. The number of halogens is 2. The van der Waals surface area contributed by atoms with Crippen molar-refractivity contribution in [1.29, 1.82) is 0 Å². The lowest BCUT2D eigenvalue weighted by molar-refractivity contribution is 0.345. The van der Waals surface area contributed by atoms with Crippen LogP contribution < -0.4 is 10.6 Å². The molecule has 0 spiro atoms. The maximum Gasteiger partial charge on any atom is 0.132 e. The van der Waals surface area contributed by atoms with Gasteiger partial charge in [0, 0.05) is 48.9 Å². The third-order valence-corrected chi connectivity index (χ3v) is 4.72. The molecule has 26 heavy (non-hydrogen) atoms. The van der Waals surface area contributed by atoms with Crippen LogP contribution in [0.25, 0.3) is 10.9 Å². The molecule has 3 aromatic rings. The van der Waals surface area contributed by atoms with Gasteiger partial charge >= 0.3 is 0 Å². The van der Waals surface area contributed by atoms with E-state index in [-0.39, 0.29) is 24.8 Å². The largest absolute Gasteiger partial charge is 0.355 e. The lowest BCUT2D eigenvalue weighted by Crippen LogP contribution is -2.35. The molecule has 138 valence electrons. The Bertz CT molecular complexity index is 867. The van der Waals surface area contributed by atoms with E-state index in [0.29, 0.717) is 12.0 Å². The number of benzene rings is 1. The minimum absolute atomic E-state index is 0. The zero-order chi connectivity index (χ0) is 16.5. The van der Waals surface area contributed by atoms with E-state index in [1.54, 1.807) is 6.33 Å².